The van der Waals surface area contributed by atoms with Gasteiger partial charge in [-0.05, 0) is 44.0 Å². The lowest BCUT2D eigenvalue weighted by molar-refractivity contribution is 0.421. The Balaban J connectivity index is 2.08. The first-order valence-corrected chi connectivity index (χ1v) is 10.9. The van der Waals surface area contributed by atoms with Gasteiger partial charge < -0.3 is 16.8 Å². The number of anilines is 1. The number of aromatic nitrogens is 3. The smallest absolute Gasteiger partial charge is 0.168 e. The molecule has 0 aromatic carbocycles. The fraction of sp³-hybridized carbons (Fsp3) is 0.292. The highest BCUT2D eigenvalue weighted by molar-refractivity contribution is 5.96. The van der Waals surface area contributed by atoms with E-state index in [0.717, 1.165) is 23.8 Å². The molecular weight excluding hydrogens is 438 g/mol. The maximum atomic E-state index is 13.9. The summed E-state index contributed by atoms with van der Waals surface area (Å²) in [6.07, 6.45) is 10.8. The van der Waals surface area contributed by atoms with Crippen LogP contribution in [0, 0.1) is 0 Å². The third-order valence-corrected chi connectivity index (χ3v) is 5.40. The molecule has 1 aliphatic carbocycles. The first-order chi connectivity index (χ1) is 16.4. The lowest BCUT2D eigenvalue weighted by atomic mass is 9.79. The number of hydrogen-bond donors (Lipinski definition) is 3. The molecule has 5 N–H and O–H groups in total. The van der Waals surface area contributed by atoms with Crippen LogP contribution in [0.25, 0.3) is 16.5 Å². The molecule has 2 heterocycles. The average Bonchev–Trinajstić information content (AvgIpc) is 2.78. The Bertz CT molecular complexity index is 1210. The highest BCUT2D eigenvalue weighted by Crippen LogP contribution is 2.40. The van der Waals surface area contributed by atoms with Crippen LogP contribution in [0.15, 0.2) is 64.7 Å². The predicted octanol–water partition coefficient (Wildman–Crippen LogP) is 4.30. The van der Waals surface area contributed by atoms with Crippen LogP contribution < -0.4 is 16.8 Å². The van der Waals surface area contributed by atoms with Crippen molar-refractivity contribution in [1.29, 1.82) is 0 Å². The van der Waals surface area contributed by atoms with E-state index in [0.29, 0.717) is 47.8 Å². The summed E-state index contributed by atoms with van der Waals surface area (Å²) in [7, 11) is 0. The van der Waals surface area contributed by atoms with E-state index in [2.05, 4.69) is 33.6 Å². The van der Waals surface area contributed by atoms with Crippen molar-refractivity contribution >= 4 is 34.8 Å². The number of aliphatic imine (C=N–C) groups is 2. The summed E-state index contributed by atoms with van der Waals surface area (Å²) in [5.74, 6) is -1.15. The molecule has 0 saturated heterocycles. The van der Waals surface area contributed by atoms with E-state index in [1.54, 1.807) is 19.2 Å². The van der Waals surface area contributed by atoms with Crippen molar-refractivity contribution in [3.8, 4) is 0 Å². The molecule has 8 nitrogen and oxygen atoms in total. The summed E-state index contributed by atoms with van der Waals surface area (Å²) in [6, 6.07) is 0. The Morgan fingerprint density at radius 2 is 2.03 bits per heavy atom. The molecule has 2 aromatic heterocycles. The lowest BCUT2D eigenvalue weighted by Crippen LogP contribution is -2.16. The first kappa shape index (κ1) is 24.8. The van der Waals surface area contributed by atoms with E-state index >= 15 is 0 Å². The van der Waals surface area contributed by atoms with Gasteiger partial charge in [0, 0.05) is 36.3 Å². The van der Waals surface area contributed by atoms with Crippen molar-refractivity contribution in [2.45, 2.75) is 32.1 Å². The van der Waals surface area contributed by atoms with Gasteiger partial charge in [-0.1, -0.05) is 19.1 Å². The van der Waals surface area contributed by atoms with E-state index in [1.807, 2.05) is 6.20 Å². The zero-order valence-electron chi connectivity index (χ0n) is 19.1. The minimum atomic E-state index is -1.08. The molecule has 0 atom stereocenters. The highest BCUT2D eigenvalue weighted by Gasteiger charge is 2.24. The number of nitrogens with two attached hydrogens (primary N) is 2. The van der Waals surface area contributed by atoms with E-state index in [4.69, 9.17) is 21.4 Å². The average molecular weight is 467 g/mol. The van der Waals surface area contributed by atoms with E-state index in [-0.39, 0.29) is 5.82 Å². The second-order valence-corrected chi connectivity index (χ2v) is 7.70. The van der Waals surface area contributed by atoms with Crippen LogP contribution in [0.2, 0.25) is 0 Å². The number of fused-ring (bicyclic) bond motifs is 1. The van der Waals surface area contributed by atoms with Crippen LogP contribution in [0.1, 0.15) is 43.5 Å². The first-order valence-electron chi connectivity index (χ1n) is 10.9. The maximum absolute atomic E-state index is 13.9. The number of amidine groups is 1. The van der Waals surface area contributed by atoms with Crippen LogP contribution in [0.5, 0.6) is 0 Å². The van der Waals surface area contributed by atoms with Gasteiger partial charge in [0.25, 0.3) is 0 Å². The molecular formula is C24H28F2N8. The standard InChI is InChI=1S/C24H28F2N8/c1-4-15(11-20(29-3)33-22(28)18(26)10-14(2)25)23-32-19-13-30-12-17(16-6-5-7-16)21(19)24(34-23)31-9-8-27/h4,10-13,16H,2-3,5-9,27H2,1H3,(H2,28,33)(H,31,32,34)/b15-4+,18-10+,20-11+. The molecule has 0 bridgehead atoms. The molecule has 34 heavy (non-hydrogen) atoms. The zero-order chi connectivity index (χ0) is 24.7. The molecule has 0 aliphatic heterocycles. The van der Waals surface area contributed by atoms with Gasteiger partial charge in [-0.2, -0.15) is 0 Å². The number of pyridine rings is 1. The van der Waals surface area contributed by atoms with Gasteiger partial charge in [0.2, 0.25) is 0 Å². The van der Waals surface area contributed by atoms with Crippen LogP contribution in [0.3, 0.4) is 0 Å². The SMILES string of the molecule is C=NC(=C\C(=C/C)c1nc(NCCN)c2c(C3CCC3)cncc2n1)/N=C(N)\C(F)=C/C(=C)F. The minimum absolute atomic E-state index is 0.000119. The fourth-order valence-corrected chi connectivity index (χ4v) is 3.50. The van der Waals surface area contributed by atoms with E-state index in [1.165, 1.54) is 12.5 Å². The van der Waals surface area contributed by atoms with Crippen molar-refractivity contribution in [2.75, 3.05) is 18.4 Å². The largest absolute Gasteiger partial charge is 0.381 e. The monoisotopic (exact) mass is 466 g/mol. The van der Waals surface area contributed by atoms with E-state index < -0.39 is 17.5 Å². The van der Waals surface area contributed by atoms with Gasteiger partial charge in [0.1, 0.15) is 11.6 Å². The Kier molecular flexibility index (Phi) is 8.31. The molecule has 2 aromatic rings. The van der Waals surface area contributed by atoms with Crippen molar-refractivity contribution in [3.05, 3.63) is 66.1 Å². The topological polar surface area (TPSA) is 127 Å². The van der Waals surface area contributed by atoms with Crippen LogP contribution in [-0.2, 0) is 0 Å². The van der Waals surface area contributed by atoms with Crippen molar-refractivity contribution in [3.63, 3.8) is 0 Å². The van der Waals surface area contributed by atoms with E-state index in [9.17, 15) is 8.78 Å². The molecule has 1 fully saturated rings. The van der Waals surface area contributed by atoms with Gasteiger partial charge in [-0.3, -0.25) is 4.98 Å². The molecule has 1 aliphatic rings. The van der Waals surface area contributed by atoms with Crippen molar-refractivity contribution in [1.82, 2.24) is 15.0 Å². The third kappa shape index (κ3) is 5.76. The molecule has 0 amide bonds. The summed E-state index contributed by atoms with van der Waals surface area (Å²) in [6.45, 7) is 9.18. The number of nitrogens with zero attached hydrogens (tertiary/aromatic N) is 5. The Hall–Kier alpha value is -3.79. The molecule has 0 spiro atoms. The maximum Gasteiger partial charge on any atom is 0.168 e. The summed E-state index contributed by atoms with van der Waals surface area (Å²) in [5, 5.41) is 4.23. The molecule has 3 rings (SSSR count). The van der Waals surface area contributed by atoms with Crippen molar-refractivity contribution < 1.29 is 8.78 Å². The van der Waals surface area contributed by atoms with Crippen LogP contribution >= 0.6 is 0 Å². The summed E-state index contributed by atoms with van der Waals surface area (Å²) in [5.41, 5.74) is 13.7. The molecule has 0 unspecified atom stereocenters. The second kappa shape index (κ2) is 11.4. The number of hydrogen-bond acceptors (Lipinski definition) is 7. The molecule has 1 saturated carbocycles. The Morgan fingerprint density at radius 3 is 2.62 bits per heavy atom. The second-order valence-electron chi connectivity index (χ2n) is 7.70. The number of rotatable bonds is 10. The lowest BCUT2D eigenvalue weighted by Gasteiger charge is -2.27. The molecule has 178 valence electrons. The van der Waals surface area contributed by atoms with Gasteiger partial charge in [-0.15, -0.1) is 0 Å². The minimum Gasteiger partial charge on any atom is -0.381 e. The molecule has 0 radical (unpaired) electrons. The summed E-state index contributed by atoms with van der Waals surface area (Å²) in [4.78, 5) is 21.5. The summed E-state index contributed by atoms with van der Waals surface area (Å²) < 4.78 is 26.8. The Morgan fingerprint density at radius 1 is 1.26 bits per heavy atom. The number of nitrogens with one attached hydrogen (secondary N) is 1. The highest BCUT2D eigenvalue weighted by atomic mass is 19.1. The number of allylic oxidation sites excluding steroid dienone is 5. The third-order valence-electron chi connectivity index (χ3n) is 5.40. The van der Waals surface area contributed by atoms with Gasteiger partial charge >= 0.3 is 0 Å². The predicted molar refractivity (Wildman–Crippen MR) is 134 cm³/mol. The van der Waals surface area contributed by atoms with Crippen molar-refractivity contribution in [2.24, 2.45) is 21.5 Å². The fourth-order valence-electron chi connectivity index (χ4n) is 3.50. The molecule has 10 heteroatoms. The van der Waals surface area contributed by atoms with Gasteiger partial charge in [-0.25, -0.2) is 28.7 Å². The van der Waals surface area contributed by atoms with Crippen LogP contribution in [0.4, 0.5) is 14.6 Å². The van der Waals surface area contributed by atoms with Gasteiger partial charge in [0.05, 0.1) is 11.7 Å². The zero-order valence-corrected chi connectivity index (χ0v) is 19.1. The van der Waals surface area contributed by atoms with Crippen LogP contribution in [-0.4, -0.2) is 40.6 Å². The normalized spacial score (nSPS) is 15.9. The van der Waals surface area contributed by atoms with Gasteiger partial charge in [0.15, 0.2) is 23.3 Å². The Labute approximate surface area is 197 Å². The summed E-state index contributed by atoms with van der Waals surface area (Å²) >= 11 is 0. The quantitative estimate of drug-likeness (QED) is 0.272. The number of halogens is 2.